The summed E-state index contributed by atoms with van der Waals surface area (Å²) < 4.78 is 33.8. The lowest BCUT2D eigenvalue weighted by molar-refractivity contribution is 0.0922. The molecule has 2 N–H and O–H groups in total. The summed E-state index contributed by atoms with van der Waals surface area (Å²) in [5.41, 5.74) is 1.11. The van der Waals surface area contributed by atoms with Crippen LogP contribution in [0.5, 0.6) is 5.88 Å². The van der Waals surface area contributed by atoms with E-state index in [-0.39, 0.29) is 35.0 Å². The Balaban J connectivity index is 1.95. The Labute approximate surface area is 197 Å². The number of aliphatic hydroxyl groups excluding tert-OH is 1. The average Bonchev–Trinajstić information content (AvgIpc) is 2.77. The summed E-state index contributed by atoms with van der Waals surface area (Å²) in [6.45, 7) is 4.59. The summed E-state index contributed by atoms with van der Waals surface area (Å²) in [5.74, 6) is -1.62. The van der Waals surface area contributed by atoms with Crippen molar-refractivity contribution < 1.29 is 23.4 Å². The van der Waals surface area contributed by atoms with Crippen molar-refractivity contribution in [1.29, 1.82) is 0 Å². The molecule has 0 aliphatic rings. The first-order chi connectivity index (χ1) is 15.6. The first-order valence-corrected chi connectivity index (χ1v) is 10.8. The predicted molar refractivity (Wildman–Crippen MR) is 122 cm³/mol. The van der Waals surface area contributed by atoms with Crippen molar-refractivity contribution in [2.75, 3.05) is 6.61 Å². The summed E-state index contributed by atoms with van der Waals surface area (Å²) in [6.07, 6.45) is 0. The Morgan fingerprint density at radius 3 is 2.64 bits per heavy atom. The molecule has 0 fully saturated rings. The maximum Gasteiger partial charge on any atom is 0.276 e. The van der Waals surface area contributed by atoms with E-state index >= 15 is 0 Å². The van der Waals surface area contributed by atoms with Crippen molar-refractivity contribution in [3.8, 4) is 11.6 Å². The van der Waals surface area contributed by atoms with Gasteiger partial charge in [0.1, 0.15) is 28.5 Å². The molecular weight excluding hydrogens is 500 g/mol. The number of aryl methyl sites for hydroxylation is 2. The lowest BCUT2D eigenvalue weighted by atomic mass is 10.1. The zero-order chi connectivity index (χ0) is 24.3. The summed E-state index contributed by atoms with van der Waals surface area (Å²) in [6, 6.07) is 7.57. The van der Waals surface area contributed by atoms with Gasteiger partial charge >= 0.3 is 0 Å². The van der Waals surface area contributed by atoms with E-state index < -0.39 is 29.1 Å². The molecule has 0 radical (unpaired) electrons. The molecule has 7 nitrogen and oxygen atoms in total. The van der Waals surface area contributed by atoms with Crippen LogP contribution in [0.15, 0.2) is 45.7 Å². The Bertz CT molecular complexity index is 1260. The van der Waals surface area contributed by atoms with Crippen LogP contribution in [0.2, 0.25) is 0 Å². The molecule has 33 heavy (non-hydrogen) atoms. The molecule has 0 saturated carbocycles. The number of aromatic nitrogens is 2. The van der Waals surface area contributed by atoms with Crippen LogP contribution >= 0.6 is 15.9 Å². The van der Waals surface area contributed by atoms with Crippen molar-refractivity contribution in [3.05, 3.63) is 85.4 Å². The Morgan fingerprint density at radius 1 is 1.24 bits per heavy atom. The predicted octanol–water partition coefficient (Wildman–Crippen LogP) is 3.58. The number of ether oxygens (including phenoxy) is 1. The number of amides is 1. The van der Waals surface area contributed by atoms with E-state index in [4.69, 9.17) is 9.84 Å². The first-order valence-electron chi connectivity index (χ1n) is 10.0. The van der Waals surface area contributed by atoms with E-state index in [2.05, 4.69) is 26.2 Å². The molecule has 1 aromatic heterocycles. The summed E-state index contributed by atoms with van der Waals surface area (Å²) in [4.78, 5) is 29.9. The van der Waals surface area contributed by atoms with Crippen LogP contribution in [-0.2, 0) is 6.61 Å². The molecule has 1 atom stereocenters. The third-order valence-electron chi connectivity index (χ3n) is 4.91. The van der Waals surface area contributed by atoms with Gasteiger partial charge in [-0.2, -0.15) is 4.98 Å². The van der Waals surface area contributed by atoms with Crippen molar-refractivity contribution in [1.82, 2.24) is 14.9 Å². The number of rotatable bonds is 7. The molecule has 0 saturated heterocycles. The number of aliphatic hydroxyl groups is 1. The van der Waals surface area contributed by atoms with Gasteiger partial charge in [0.15, 0.2) is 0 Å². The van der Waals surface area contributed by atoms with Gasteiger partial charge in [-0.1, -0.05) is 6.07 Å². The van der Waals surface area contributed by atoms with E-state index in [1.807, 2.05) is 0 Å². The number of hydrogen-bond donors (Lipinski definition) is 2. The van der Waals surface area contributed by atoms with Crippen LogP contribution in [0, 0.1) is 25.5 Å². The Morgan fingerprint density at radius 2 is 1.97 bits per heavy atom. The first kappa shape index (κ1) is 24.5. The lowest BCUT2D eigenvalue weighted by Crippen LogP contribution is -2.35. The minimum absolute atomic E-state index is 0.0128. The third kappa shape index (κ3) is 5.45. The van der Waals surface area contributed by atoms with E-state index in [0.717, 1.165) is 17.7 Å². The molecule has 10 heteroatoms. The molecule has 0 spiro atoms. The topological polar surface area (TPSA) is 93.5 Å². The summed E-state index contributed by atoms with van der Waals surface area (Å²) >= 11 is 3.20. The van der Waals surface area contributed by atoms with E-state index in [0.29, 0.717) is 11.3 Å². The third-order valence-corrected chi connectivity index (χ3v) is 5.59. The molecule has 0 aliphatic carbocycles. The van der Waals surface area contributed by atoms with E-state index in [9.17, 15) is 18.4 Å². The van der Waals surface area contributed by atoms with Crippen molar-refractivity contribution in [2.45, 2.75) is 33.4 Å². The molecule has 3 rings (SSSR count). The second-order valence-electron chi connectivity index (χ2n) is 7.50. The highest BCUT2D eigenvalue weighted by atomic mass is 79.9. The van der Waals surface area contributed by atoms with Crippen LogP contribution in [-0.4, -0.2) is 33.2 Å². The minimum atomic E-state index is -0.766. The van der Waals surface area contributed by atoms with Gasteiger partial charge in [0.25, 0.3) is 11.5 Å². The molecule has 1 heterocycles. The van der Waals surface area contributed by atoms with E-state index in [1.165, 1.54) is 10.6 Å². The summed E-state index contributed by atoms with van der Waals surface area (Å²) in [7, 11) is 0. The van der Waals surface area contributed by atoms with Crippen molar-refractivity contribution >= 4 is 21.8 Å². The zero-order valence-corrected chi connectivity index (χ0v) is 19.7. The van der Waals surface area contributed by atoms with Crippen molar-refractivity contribution in [2.24, 2.45) is 0 Å². The fourth-order valence-corrected chi connectivity index (χ4v) is 3.47. The van der Waals surface area contributed by atoms with Crippen LogP contribution in [0.1, 0.15) is 34.2 Å². The van der Waals surface area contributed by atoms with Crippen LogP contribution in [0.3, 0.4) is 0 Å². The summed E-state index contributed by atoms with van der Waals surface area (Å²) in [5, 5.41) is 11.8. The highest BCUT2D eigenvalue weighted by Gasteiger charge is 2.19. The molecule has 3 aromatic rings. The SMILES string of the molecule is Cc1ccc(C(=O)N[C@H](C)CO)cc1-n1c(C)nc(OCc2ccc(F)cc2F)c(Br)c1=O. The Kier molecular flexibility index (Phi) is 7.60. The monoisotopic (exact) mass is 521 g/mol. The van der Waals surface area contributed by atoms with Crippen LogP contribution < -0.4 is 15.6 Å². The van der Waals surface area contributed by atoms with Crippen LogP contribution in [0.4, 0.5) is 8.78 Å². The van der Waals surface area contributed by atoms with Gasteiger partial charge in [-0.05, 0) is 66.5 Å². The number of nitrogens with one attached hydrogen (secondary N) is 1. The molecule has 2 aromatic carbocycles. The normalized spacial score (nSPS) is 11.8. The Hall–Kier alpha value is -3.11. The minimum Gasteiger partial charge on any atom is -0.472 e. The van der Waals surface area contributed by atoms with Gasteiger partial charge < -0.3 is 15.2 Å². The second-order valence-corrected chi connectivity index (χ2v) is 8.29. The fourth-order valence-electron chi connectivity index (χ4n) is 3.09. The smallest absolute Gasteiger partial charge is 0.276 e. The maximum absolute atomic E-state index is 13.9. The molecule has 1 amide bonds. The van der Waals surface area contributed by atoms with Gasteiger partial charge in [0.05, 0.1) is 12.3 Å². The maximum atomic E-state index is 13.9. The van der Waals surface area contributed by atoms with Gasteiger partial charge in [0, 0.05) is 23.2 Å². The van der Waals surface area contributed by atoms with Gasteiger partial charge in [0.2, 0.25) is 5.88 Å². The number of nitrogens with zero attached hydrogens (tertiary/aromatic N) is 2. The van der Waals surface area contributed by atoms with Gasteiger partial charge in [-0.3, -0.25) is 14.2 Å². The number of carbonyl (C=O) groups is 1. The second kappa shape index (κ2) is 10.2. The molecular formula is C23H22BrF2N3O4. The van der Waals surface area contributed by atoms with Crippen LogP contribution in [0.25, 0.3) is 5.69 Å². The standard InChI is InChI=1S/C23H22BrF2N3O4/c1-12-4-5-15(21(31)27-13(2)10-30)8-19(12)29-14(3)28-22(20(24)23(29)32)33-11-16-6-7-17(25)9-18(16)26/h4-9,13,30H,10-11H2,1-3H3,(H,27,31)/t13-/m1/s1. The molecule has 0 aliphatic heterocycles. The number of benzene rings is 2. The van der Waals surface area contributed by atoms with Gasteiger partial charge in [-0.15, -0.1) is 0 Å². The molecule has 0 unspecified atom stereocenters. The molecule has 0 bridgehead atoms. The van der Waals surface area contributed by atoms with Gasteiger partial charge in [-0.25, -0.2) is 8.78 Å². The van der Waals surface area contributed by atoms with E-state index in [1.54, 1.807) is 39.0 Å². The highest BCUT2D eigenvalue weighted by Crippen LogP contribution is 2.24. The quantitative estimate of drug-likeness (QED) is 0.495. The fraction of sp³-hybridized carbons (Fsp3) is 0.261. The number of hydrogen-bond acceptors (Lipinski definition) is 5. The lowest BCUT2D eigenvalue weighted by Gasteiger charge is -2.17. The number of carbonyl (C=O) groups excluding carboxylic acids is 1. The average molecular weight is 522 g/mol. The zero-order valence-electron chi connectivity index (χ0n) is 18.2. The molecule has 174 valence electrons. The van der Waals surface area contributed by atoms with Crippen molar-refractivity contribution in [3.63, 3.8) is 0 Å². The largest absolute Gasteiger partial charge is 0.472 e. The number of halogens is 3. The highest BCUT2D eigenvalue weighted by molar-refractivity contribution is 9.10.